The molecule has 1 aliphatic carbocycles. The Morgan fingerprint density at radius 3 is 2.95 bits per heavy atom. The number of nitrogens with zero attached hydrogens (tertiary/aromatic N) is 1. The Bertz CT molecular complexity index is 456. The van der Waals surface area contributed by atoms with Crippen molar-refractivity contribution < 1.29 is 4.79 Å². The van der Waals surface area contributed by atoms with Crippen LogP contribution in [0.15, 0.2) is 24.3 Å². The lowest BCUT2D eigenvalue weighted by Gasteiger charge is -2.25. The van der Waals surface area contributed by atoms with Crippen LogP contribution in [-0.4, -0.2) is 31.6 Å². The SMILES string of the molecule is O=C1CCN(c2ccccc2CNC2CC2)CCN1. The molecule has 19 heavy (non-hydrogen) atoms. The molecule has 0 atom stereocenters. The van der Waals surface area contributed by atoms with Crippen molar-refractivity contribution in [3.63, 3.8) is 0 Å². The number of hydrogen-bond acceptors (Lipinski definition) is 3. The van der Waals surface area contributed by atoms with E-state index in [0.717, 1.165) is 32.2 Å². The maximum atomic E-state index is 11.4. The fourth-order valence-electron chi connectivity index (χ4n) is 2.52. The third kappa shape index (κ3) is 3.26. The number of hydrogen-bond donors (Lipinski definition) is 2. The Morgan fingerprint density at radius 1 is 1.26 bits per heavy atom. The van der Waals surface area contributed by atoms with Gasteiger partial charge in [0.05, 0.1) is 0 Å². The van der Waals surface area contributed by atoms with E-state index in [-0.39, 0.29) is 5.91 Å². The van der Waals surface area contributed by atoms with Crippen molar-refractivity contribution >= 4 is 11.6 Å². The molecule has 1 saturated carbocycles. The van der Waals surface area contributed by atoms with Crippen molar-refractivity contribution in [2.45, 2.75) is 31.8 Å². The Balaban J connectivity index is 1.72. The Labute approximate surface area is 114 Å². The Morgan fingerprint density at radius 2 is 2.11 bits per heavy atom. The summed E-state index contributed by atoms with van der Waals surface area (Å²) in [6.45, 7) is 3.38. The summed E-state index contributed by atoms with van der Waals surface area (Å²) in [7, 11) is 0. The molecular weight excluding hydrogens is 238 g/mol. The highest BCUT2D eigenvalue weighted by Crippen LogP contribution is 2.24. The van der Waals surface area contributed by atoms with Crippen LogP contribution in [0.3, 0.4) is 0 Å². The molecule has 1 aromatic carbocycles. The zero-order valence-electron chi connectivity index (χ0n) is 11.2. The Kier molecular flexibility index (Phi) is 3.69. The minimum absolute atomic E-state index is 0.163. The van der Waals surface area contributed by atoms with Crippen molar-refractivity contribution in [1.29, 1.82) is 0 Å². The number of carbonyl (C=O) groups excluding carboxylic acids is 1. The molecule has 0 spiro atoms. The average Bonchev–Trinajstić information content (AvgIpc) is 3.25. The van der Waals surface area contributed by atoms with Gasteiger partial charge in [-0.2, -0.15) is 0 Å². The zero-order valence-corrected chi connectivity index (χ0v) is 11.2. The fraction of sp³-hybridized carbons (Fsp3) is 0.533. The van der Waals surface area contributed by atoms with Crippen molar-refractivity contribution in [2.75, 3.05) is 24.5 Å². The molecule has 1 aliphatic heterocycles. The van der Waals surface area contributed by atoms with E-state index < -0.39 is 0 Å². The van der Waals surface area contributed by atoms with Gasteiger partial charge < -0.3 is 15.5 Å². The van der Waals surface area contributed by atoms with Crippen LogP contribution >= 0.6 is 0 Å². The molecule has 1 saturated heterocycles. The number of rotatable bonds is 4. The molecule has 4 nitrogen and oxygen atoms in total. The Hall–Kier alpha value is -1.55. The first kappa shape index (κ1) is 12.5. The van der Waals surface area contributed by atoms with Crippen LogP contribution < -0.4 is 15.5 Å². The molecule has 3 rings (SSSR count). The van der Waals surface area contributed by atoms with Crippen molar-refractivity contribution in [3.8, 4) is 0 Å². The van der Waals surface area contributed by atoms with E-state index in [4.69, 9.17) is 0 Å². The highest BCUT2D eigenvalue weighted by molar-refractivity contribution is 5.77. The minimum atomic E-state index is 0.163. The smallest absolute Gasteiger partial charge is 0.221 e. The second-order valence-electron chi connectivity index (χ2n) is 5.37. The van der Waals surface area contributed by atoms with Gasteiger partial charge >= 0.3 is 0 Å². The lowest BCUT2D eigenvalue weighted by molar-refractivity contribution is -0.120. The molecule has 1 heterocycles. The van der Waals surface area contributed by atoms with Gasteiger partial charge in [-0.3, -0.25) is 4.79 Å². The van der Waals surface area contributed by atoms with E-state index in [1.807, 2.05) is 0 Å². The van der Waals surface area contributed by atoms with Crippen molar-refractivity contribution in [1.82, 2.24) is 10.6 Å². The van der Waals surface area contributed by atoms with Gasteiger partial charge in [-0.25, -0.2) is 0 Å². The number of anilines is 1. The molecule has 2 N–H and O–H groups in total. The summed E-state index contributed by atoms with van der Waals surface area (Å²) in [4.78, 5) is 13.7. The van der Waals surface area contributed by atoms with Crippen LogP contribution in [0.1, 0.15) is 24.8 Å². The van der Waals surface area contributed by atoms with Gasteiger partial charge in [0.15, 0.2) is 0 Å². The van der Waals surface area contributed by atoms with Gasteiger partial charge in [0, 0.05) is 44.3 Å². The van der Waals surface area contributed by atoms with Crippen LogP contribution in [0, 0.1) is 0 Å². The van der Waals surface area contributed by atoms with Gasteiger partial charge in [0.25, 0.3) is 0 Å². The van der Waals surface area contributed by atoms with E-state index in [0.29, 0.717) is 6.42 Å². The number of amides is 1. The topological polar surface area (TPSA) is 44.4 Å². The third-order valence-corrected chi connectivity index (χ3v) is 3.80. The quantitative estimate of drug-likeness (QED) is 0.856. The first-order valence-corrected chi connectivity index (χ1v) is 7.16. The second-order valence-corrected chi connectivity index (χ2v) is 5.37. The van der Waals surface area contributed by atoms with Crippen molar-refractivity contribution in [3.05, 3.63) is 29.8 Å². The third-order valence-electron chi connectivity index (χ3n) is 3.80. The summed E-state index contributed by atoms with van der Waals surface area (Å²) >= 11 is 0. The van der Waals surface area contributed by atoms with Crippen LogP contribution in [0.4, 0.5) is 5.69 Å². The highest BCUT2D eigenvalue weighted by Gasteiger charge is 2.21. The number of benzene rings is 1. The maximum Gasteiger partial charge on any atom is 0.221 e. The van der Waals surface area contributed by atoms with Crippen LogP contribution in [-0.2, 0) is 11.3 Å². The van der Waals surface area contributed by atoms with Crippen molar-refractivity contribution in [2.24, 2.45) is 0 Å². The molecule has 0 bridgehead atoms. The van der Waals surface area contributed by atoms with E-state index in [9.17, 15) is 4.79 Å². The molecule has 0 aromatic heterocycles. The fourth-order valence-corrected chi connectivity index (χ4v) is 2.52. The molecule has 2 aliphatic rings. The van der Waals surface area contributed by atoms with Gasteiger partial charge in [-0.15, -0.1) is 0 Å². The summed E-state index contributed by atoms with van der Waals surface area (Å²) in [6, 6.07) is 9.25. The zero-order chi connectivity index (χ0) is 13.1. The molecule has 1 aromatic rings. The number of nitrogens with one attached hydrogen (secondary N) is 2. The summed E-state index contributed by atoms with van der Waals surface area (Å²) in [6.07, 6.45) is 3.21. The lowest BCUT2D eigenvalue weighted by Crippen LogP contribution is -2.29. The molecule has 4 heteroatoms. The average molecular weight is 259 g/mol. The molecule has 0 unspecified atom stereocenters. The monoisotopic (exact) mass is 259 g/mol. The van der Waals surface area contributed by atoms with E-state index >= 15 is 0 Å². The second kappa shape index (κ2) is 5.61. The summed E-state index contributed by atoms with van der Waals surface area (Å²) in [5.74, 6) is 0.163. The van der Waals surface area contributed by atoms with Crippen LogP contribution in [0.25, 0.3) is 0 Å². The highest BCUT2D eigenvalue weighted by atomic mass is 16.1. The van der Waals surface area contributed by atoms with Crippen LogP contribution in [0.5, 0.6) is 0 Å². The first-order valence-electron chi connectivity index (χ1n) is 7.16. The summed E-state index contributed by atoms with van der Waals surface area (Å²) < 4.78 is 0. The molecule has 2 fully saturated rings. The maximum absolute atomic E-state index is 11.4. The predicted molar refractivity (Wildman–Crippen MR) is 76.1 cm³/mol. The van der Waals surface area contributed by atoms with E-state index in [2.05, 4.69) is 39.8 Å². The minimum Gasteiger partial charge on any atom is -0.369 e. The van der Waals surface area contributed by atoms with Gasteiger partial charge in [0.2, 0.25) is 5.91 Å². The largest absolute Gasteiger partial charge is 0.369 e. The molecular formula is C15H21N3O. The summed E-state index contributed by atoms with van der Waals surface area (Å²) in [5, 5.41) is 6.50. The lowest BCUT2D eigenvalue weighted by atomic mass is 10.1. The normalized spacial score (nSPS) is 20.0. The number of carbonyl (C=O) groups is 1. The molecule has 0 radical (unpaired) electrons. The predicted octanol–water partition coefficient (Wildman–Crippen LogP) is 1.26. The van der Waals surface area contributed by atoms with E-state index in [1.165, 1.54) is 24.1 Å². The van der Waals surface area contributed by atoms with Gasteiger partial charge in [-0.1, -0.05) is 18.2 Å². The molecule has 102 valence electrons. The number of para-hydroxylation sites is 1. The van der Waals surface area contributed by atoms with Gasteiger partial charge in [-0.05, 0) is 24.5 Å². The van der Waals surface area contributed by atoms with Crippen LogP contribution in [0.2, 0.25) is 0 Å². The standard InChI is InChI=1S/C15H21N3O/c19-15-7-9-18(10-8-16-15)14-4-2-1-3-12(14)11-17-13-5-6-13/h1-4,13,17H,5-11H2,(H,16,19). The van der Waals surface area contributed by atoms with E-state index in [1.54, 1.807) is 0 Å². The van der Waals surface area contributed by atoms with Gasteiger partial charge in [0.1, 0.15) is 0 Å². The summed E-state index contributed by atoms with van der Waals surface area (Å²) in [5.41, 5.74) is 2.61. The molecule has 1 amide bonds. The first-order chi connectivity index (χ1) is 9.33.